The van der Waals surface area contributed by atoms with Gasteiger partial charge in [-0.25, -0.2) is 0 Å². The summed E-state index contributed by atoms with van der Waals surface area (Å²) in [6.45, 7) is 3.38. The normalized spacial score (nSPS) is 9.96. The highest BCUT2D eigenvalue weighted by Crippen LogP contribution is 2.18. The Morgan fingerprint density at radius 3 is 2.84 bits per heavy atom. The Labute approximate surface area is 141 Å². The number of hydrogen-bond acceptors (Lipinski definition) is 9. The van der Waals surface area contributed by atoms with E-state index in [0.717, 1.165) is 4.80 Å². The lowest BCUT2D eigenvalue weighted by molar-refractivity contribution is -0.394. The summed E-state index contributed by atoms with van der Waals surface area (Å²) in [5.41, 5.74) is 5.19. The molecule has 0 spiro atoms. The maximum atomic E-state index is 11.7. The minimum Gasteiger partial charge on any atom is -0.497 e. The Bertz CT molecular complexity index is 776. The van der Waals surface area contributed by atoms with Gasteiger partial charge in [-0.05, 0) is 17.1 Å². The fourth-order valence-electron chi connectivity index (χ4n) is 1.62. The van der Waals surface area contributed by atoms with Crippen LogP contribution < -0.4 is 20.3 Å². The van der Waals surface area contributed by atoms with Crippen LogP contribution in [0, 0.1) is 10.1 Å². The lowest BCUT2D eigenvalue weighted by atomic mass is 10.3. The average molecular weight is 349 g/mol. The molecule has 25 heavy (non-hydrogen) atoms. The van der Waals surface area contributed by atoms with Crippen LogP contribution in [0.4, 0.5) is 5.95 Å². The van der Waals surface area contributed by atoms with Crippen LogP contribution in [0.5, 0.6) is 11.5 Å². The quantitative estimate of drug-likeness (QED) is 0.464. The third-order valence-corrected chi connectivity index (χ3v) is 2.73. The maximum Gasteiger partial charge on any atom is 0.514 e. The second kappa shape index (κ2) is 8.24. The number of benzene rings is 1. The second-order valence-corrected chi connectivity index (χ2v) is 4.62. The number of amides is 1. The Balaban J connectivity index is 1.73. The van der Waals surface area contributed by atoms with E-state index >= 15 is 0 Å². The fourth-order valence-corrected chi connectivity index (χ4v) is 1.62. The molecule has 0 radical (unpaired) electrons. The molecule has 0 bridgehead atoms. The Kier molecular flexibility index (Phi) is 5.81. The van der Waals surface area contributed by atoms with Crippen molar-refractivity contribution in [2.75, 3.05) is 13.7 Å². The minimum absolute atomic E-state index is 0.0160. The van der Waals surface area contributed by atoms with Crippen molar-refractivity contribution in [2.45, 2.75) is 6.54 Å². The number of tetrazole rings is 1. The van der Waals surface area contributed by atoms with Gasteiger partial charge < -0.3 is 25.0 Å². The number of nitro groups is 1. The summed E-state index contributed by atoms with van der Waals surface area (Å²) in [6, 6.07) is 6.81. The zero-order chi connectivity index (χ0) is 18.2. The van der Waals surface area contributed by atoms with Crippen molar-refractivity contribution in [2.24, 2.45) is 0 Å². The van der Waals surface area contributed by atoms with Gasteiger partial charge in [0.05, 0.1) is 17.3 Å². The van der Waals surface area contributed by atoms with E-state index in [4.69, 9.17) is 9.47 Å². The van der Waals surface area contributed by atoms with Crippen molar-refractivity contribution in [1.82, 2.24) is 31.1 Å². The number of nitrogens with one attached hydrogen (secondary N) is 2. The molecule has 0 fully saturated rings. The molecule has 0 unspecified atom stereocenters. The van der Waals surface area contributed by atoms with Crippen LogP contribution in [0.15, 0.2) is 36.5 Å². The number of rotatable bonds is 9. The highest BCUT2D eigenvalue weighted by Gasteiger charge is 2.15. The number of carbonyl (C=O) groups excluding carboxylic acids is 1. The zero-order valence-corrected chi connectivity index (χ0v) is 13.2. The molecule has 1 heterocycles. The summed E-state index contributed by atoms with van der Waals surface area (Å²) >= 11 is 0. The van der Waals surface area contributed by atoms with Crippen molar-refractivity contribution < 1.29 is 19.2 Å². The Morgan fingerprint density at radius 1 is 1.40 bits per heavy atom. The first-order valence-corrected chi connectivity index (χ1v) is 6.89. The van der Waals surface area contributed by atoms with E-state index < -0.39 is 16.8 Å². The van der Waals surface area contributed by atoms with Crippen LogP contribution in [0.1, 0.15) is 0 Å². The van der Waals surface area contributed by atoms with Crippen LogP contribution in [0.2, 0.25) is 0 Å². The predicted molar refractivity (Wildman–Crippen MR) is 83.4 cm³/mol. The third kappa shape index (κ3) is 5.46. The summed E-state index contributed by atoms with van der Waals surface area (Å²) < 4.78 is 10.4. The van der Waals surface area contributed by atoms with Crippen LogP contribution in [0.3, 0.4) is 0 Å². The van der Waals surface area contributed by atoms with E-state index in [9.17, 15) is 14.9 Å². The molecule has 12 nitrogen and oxygen atoms in total. The zero-order valence-electron chi connectivity index (χ0n) is 13.2. The predicted octanol–water partition coefficient (Wildman–Crippen LogP) is -0.197. The highest BCUT2D eigenvalue weighted by atomic mass is 16.6. The molecule has 0 aliphatic rings. The first kappa shape index (κ1) is 17.7. The van der Waals surface area contributed by atoms with Gasteiger partial charge in [-0.3, -0.25) is 10.2 Å². The van der Waals surface area contributed by atoms with Crippen molar-refractivity contribution in [3.8, 4) is 11.5 Å². The lowest BCUT2D eigenvalue weighted by Crippen LogP contribution is -2.40. The van der Waals surface area contributed by atoms with Gasteiger partial charge in [-0.1, -0.05) is 17.4 Å². The second-order valence-electron chi connectivity index (χ2n) is 4.62. The van der Waals surface area contributed by atoms with Crippen molar-refractivity contribution in [3.05, 3.63) is 46.7 Å². The van der Waals surface area contributed by atoms with E-state index in [1.54, 1.807) is 24.3 Å². The topological polar surface area (TPSA) is 146 Å². The van der Waals surface area contributed by atoms with Crippen molar-refractivity contribution in [1.29, 1.82) is 0 Å². The van der Waals surface area contributed by atoms with Gasteiger partial charge in [0.1, 0.15) is 18.0 Å². The molecule has 1 amide bonds. The summed E-state index contributed by atoms with van der Waals surface area (Å²) in [5, 5.41) is 20.7. The molecular weight excluding hydrogens is 334 g/mol. The smallest absolute Gasteiger partial charge is 0.497 e. The Hall–Kier alpha value is -3.70. The van der Waals surface area contributed by atoms with Crippen molar-refractivity contribution in [3.63, 3.8) is 0 Å². The first-order valence-electron chi connectivity index (χ1n) is 6.89. The third-order valence-electron chi connectivity index (χ3n) is 2.73. The highest BCUT2D eigenvalue weighted by molar-refractivity contribution is 5.77. The largest absolute Gasteiger partial charge is 0.514 e. The van der Waals surface area contributed by atoms with E-state index in [2.05, 4.69) is 32.8 Å². The summed E-state index contributed by atoms with van der Waals surface area (Å²) in [4.78, 5) is 22.4. The van der Waals surface area contributed by atoms with Crippen LogP contribution in [-0.2, 0) is 11.3 Å². The van der Waals surface area contributed by atoms with Crippen LogP contribution in [0.25, 0.3) is 0 Å². The minimum atomic E-state index is -0.766. The maximum absolute atomic E-state index is 11.7. The molecule has 2 rings (SSSR count). The SMILES string of the molecule is C=C(Cn1nnc([N+](=O)[O-])n1)NNC(=O)COc1cccc(OC)c1. The number of hydrazine groups is 1. The molecule has 1 aromatic heterocycles. The van der Waals surface area contributed by atoms with Crippen molar-refractivity contribution >= 4 is 11.9 Å². The first-order chi connectivity index (χ1) is 12.0. The molecule has 2 aromatic rings. The van der Waals surface area contributed by atoms with Gasteiger partial charge in [-0.2, -0.15) is 0 Å². The molecule has 1 aromatic carbocycles. The summed E-state index contributed by atoms with van der Waals surface area (Å²) in [7, 11) is 1.53. The molecule has 12 heteroatoms. The summed E-state index contributed by atoms with van der Waals surface area (Å²) in [5.74, 6) is 0.0105. The van der Waals surface area contributed by atoms with E-state index in [1.807, 2.05) is 0 Å². The standard InChI is InChI=1S/C13H15N7O5/c1-9(7-19-17-13(16-18-19)20(22)23)14-15-12(21)8-25-11-5-3-4-10(6-11)24-2/h3-6,14H,1,7-8H2,2H3,(H,15,21). The molecule has 132 valence electrons. The Morgan fingerprint density at radius 2 is 2.16 bits per heavy atom. The molecule has 0 saturated heterocycles. The molecule has 2 N–H and O–H groups in total. The number of carbonyl (C=O) groups is 1. The average Bonchev–Trinajstić information content (AvgIpc) is 3.07. The van der Waals surface area contributed by atoms with Gasteiger partial charge >= 0.3 is 5.95 Å². The van der Waals surface area contributed by atoms with Gasteiger partial charge in [0.2, 0.25) is 0 Å². The number of allylic oxidation sites excluding steroid dienone is 1. The number of ether oxygens (including phenoxy) is 2. The van der Waals surface area contributed by atoms with Crippen LogP contribution in [-0.4, -0.2) is 44.8 Å². The van der Waals surface area contributed by atoms with Gasteiger partial charge in [0.25, 0.3) is 5.91 Å². The molecule has 0 aliphatic carbocycles. The summed E-state index contributed by atoms with van der Waals surface area (Å²) in [6.07, 6.45) is 0. The fraction of sp³-hybridized carbons (Fsp3) is 0.231. The van der Waals surface area contributed by atoms with Gasteiger partial charge in [-0.15, -0.1) is 0 Å². The number of hydrogen-bond donors (Lipinski definition) is 2. The van der Waals surface area contributed by atoms with Gasteiger partial charge in [0, 0.05) is 17.0 Å². The van der Waals surface area contributed by atoms with E-state index in [-0.39, 0.29) is 13.2 Å². The number of aromatic nitrogens is 4. The number of methoxy groups -OCH3 is 1. The van der Waals surface area contributed by atoms with E-state index in [0.29, 0.717) is 17.2 Å². The molecule has 0 saturated carbocycles. The number of nitrogens with zero attached hydrogens (tertiary/aromatic N) is 5. The molecular formula is C13H15N7O5. The van der Waals surface area contributed by atoms with Gasteiger partial charge in [0.15, 0.2) is 6.61 Å². The lowest BCUT2D eigenvalue weighted by Gasteiger charge is -2.11. The molecule has 0 aliphatic heterocycles. The molecule has 0 atom stereocenters. The monoisotopic (exact) mass is 349 g/mol. The van der Waals surface area contributed by atoms with Crippen LogP contribution >= 0.6 is 0 Å². The van der Waals surface area contributed by atoms with E-state index in [1.165, 1.54) is 7.11 Å².